The van der Waals surface area contributed by atoms with Gasteiger partial charge in [-0.05, 0) is 85.5 Å². The number of nitrogens with zero attached hydrogens (tertiary/aromatic N) is 2. The fourth-order valence-corrected chi connectivity index (χ4v) is 6.54. The monoisotopic (exact) mass is 661 g/mol. The molecule has 0 fully saturated rings. The van der Waals surface area contributed by atoms with Crippen molar-refractivity contribution in [2.24, 2.45) is 0 Å². The first kappa shape index (κ1) is 34.5. The van der Waals surface area contributed by atoms with Crippen LogP contribution < -0.4 is 14.4 Å². The smallest absolute Gasteiger partial charge is 0.264 e. The zero-order valence-corrected chi connectivity index (χ0v) is 28.1. The molecular formula is C36H40ClN3O5S. The third-order valence-corrected chi connectivity index (χ3v) is 9.77. The molecule has 1 N–H and O–H groups in total. The minimum Gasteiger partial charge on any atom is -0.497 e. The van der Waals surface area contributed by atoms with Gasteiger partial charge in [-0.3, -0.25) is 13.9 Å². The molecule has 0 aliphatic rings. The zero-order valence-electron chi connectivity index (χ0n) is 26.5. The van der Waals surface area contributed by atoms with Crippen molar-refractivity contribution in [2.45, 2.75) is 57.1 Å². The Kier molecular flexibility index (Phi) is 11.8. The summed E-state index contributed by atoms with van der Waals surface area (Å²) in [5, 5.41) is 3.43. The number of anilines is 1. The Labute approximate surface area is 277 Å². The molecule has 8 nitrogen and oxygen atoms in total. The predicted octanol–water partition coefficient (Wildman–Crippen LogP) is 6.41. The van der Waals surface area contributed by atoms with Crippen LogP contribution in [0.3, 0.4) is 0 Å². The van der Waals surface area contributed by atoms with E-state index >= 15 is 0 Å². The average molecular weight is 662 g/mol. The molecule has 0 saturated heterocycles. The highest BCUT2D eigenvalue weighted by Crippen LogP contribution is 2.27. The van der Waals surface area contributed by atoms with Gasteiger partial charge in [-0.15, -0.1) is 0 Å². The second-order valence-electron chi connectivity index (χ2n) is 11.2. The molecule has 0 aromatic heterocycles. The van der Waals surface area contributed by atoms with E-state index in [1.54, 1.807) is 37.4 Å². The number of rotatable bonds is 14. The summed E-state index contributed by atoms with van der Waals surface area (Å²) >= 11 is 6.06. The molecule has 4 aromatic carbocycles. The van der Waals surface area contributed by atoms with Crippen LogP contribution in [-0.4, -0.2) is 50.9 Å². The fraction of sp³-hybridized carbons (Fsp3) is 0.278. The van der Waals surface area contributed by atoms with Crippen LogP contribution in [0.15, 0.2) is 108 Å². The van der Waals surface area contributed by atoms with Crippen molar-refractivity contribution < 1.29 is 22.7 Å². The van der Waals surface area contributed by atoms with E-state index in [-0.39, 0.29) is 29.8 Å². The maximum atomic E-state index is 14.6. The topological polar surface area (TPSA) is 96.0 Å². The number of carbonyl (C=O) groups is 2. The third-order valence-electron chi connectivity index (χ3n) is 7.73. The van der Waals surface area contributed by atoms with Crippen LogP contribution in [0.2, 0.25) is 5.02 Å². The molecule has 0 saturated carbocycles. The average Bonchev–Trinajstić information content (AvgIpc) is 3.05. The summed E-state index contributed by atoms with van der Waals surface area (Å²) in [4.78, 5) is 30.0. The van der Waals surface area contributed by atoms with Crippen molar-refractivity contribution in [3.8, 4) is 5.75 Å². The van der Waals surface area contributed by atoms with Crippen LogP contribution in [0, 0.1) is 6.92 Å². The number of methoxy groups -OCH3 is 1. The number of carbonyl (C=O) groups excluding carboxylic acids is 2. The summed E-state index contributed by atoms with van der Waals surface area (Å²) in [6, 6.07) is 28.4. The van der Waals surface area contributed by atoms with Crippen LogP contribution in [0.25, 0.3) is 0 Å². The molecule has 242 valence electrons. The van der Waals surface area contributed by atoms with E-state index in [0.29, 0.717) is 22.9 Å². The number of amides is 2. The second-order valence-corrected chi connectivity index (χ2v) is 13.5. The van der Waals surface area contributed by atoms with Gasteiger partial charge in [0, 0.05) is 24.0 Å². The van der Waals surface area contributed by atoms with Gasteiger partial charge in [-0.2, -0.15) is 0 Å². The number of halogens is 1. The lowest BCUT2D eigenvalue weighted by Gasteiger charge is -2.34. The van der Waals surface area contributed by atoms with E-state index in [1.165, 1.54) is 29.2 Å². The maximum absolute atomic E-state index is 14.6. The van der Waals surface area contributed by atoms with Crippen LogP contribution in [0.1, 0.15) is 37.0 Å². The molecule has 0 heterocycles. The highest BCUT2D eigenvalue weighted by Gasteiger charge is 2.35. The van der Waals surface area contributed by atoms with Crippen molar-refractivity contribution in [2.75, 3.05) is 18.0 Å². The first-order valence-electron chi connectivity index (χ1n) is 15.1. The van der Waals surface area contributed by atoms with Crippen LogP contribution in [0.4, 0.5) is 5.69 Å². The highest BCUT2D eigenvalue weighted by atomic mass is 35.5. The fourth-order valence-electron chi connectivity index (χ4n) is 5.01. The molecule has 46 heavy (non-hydrogen) atoms. The van der Waals surface area contributed by atoms with E-state index in [4.69, 9.17) is 16.3 Å². The van der Waals surface area contributed by atoms with E-state index in [2.05, 4.69) is 5.32 Å². The first-order chi connectivity index (χ1) is 22.0. The minimum absolute atomic E-state index is 0.0131. The zero-order chi connectivity index (χ0) is 33.3. The van der Waals surface area contributed by atoms with Gasteiger partial charge in [0.25, 0.3) is 10.0 Å². The molecule has 2 atom stereocenters. The number of ether oxygens (including phenoxy) is 1. The molecule has 4 aromatic rings. The molecule has 0 unspecified atom stereocenters. The quantitative estimate of drug-likeness (QED) is 0.169. The lowest BCUT2D eigenvalue weighted by molar-refractivity contribution is -0.140. The van der Waals surface area contributed by atoms with E-state index in [0.717, 1.165) is 21.0 Å². The Bertz CT molecular complexity index is 1730. The van der Waals surface area contributed by atoms with Gasteiger partial charge in [0.2, 0.25) is 11.8 Å². The molecule has 0 aliphatic heterocycles. The SMILES string of the molecule is CC[C@@H](C)NC(=O)[C@@H](Cc1ccccc1)N(Cc1cccc(OC)c1)C(=O)CN(c1cccc(C)c1)S(=O)(=O)c1ccc(Cl)cc1. The molecule has 0 aliphatic carbocycles. The van der Waals surface area contributed by atoms with E-state index < -0.39 is 28.5 Å². The standard InChI is InChI=1S/C36H40ClN3O5S/c1-5-27(3)38-36(42)34(23-28-12-7-6-8-13-28)39(24-29-14-10-16-32(22-29)45-4)35(41)25-40(31-15-9-11-26(2)21-31)46(43,44)33-19-17-30(37)18-20-33/h6-22,27,34H,5,23-25H2,1-4H3,(H,38,42)/t27-,34-/m1/s1. The summed E-state index contributed by atoms with van der Waals surface area (Å²) in [5.74, 6) is -0.264. The van der Waals surface area contributed by atoms with Crippen LogP contribution in [0.5, 0.6) is 5.75 Å². The molecule has 0 spiro atoms. The van der Waals surface area contributed by atoms with Crippen molar-refractivity contribution in [3.05, 3.63) is 125 Å². The van der Waals surface area contributed by atoms with Crippen LogP contribution >= 0.6 is 11.6 Å². The van der Waals surface area contributed by atoms with Crippen molar-refractivity contribution >= 4 is 39.1 Å². The number of sulfonamides is 1. The Morgan fingerprint density at radius 1 is 0.891 bits per heavy atom. The van der Waals surface area contributed by atoms with Gasteiger partial charge >= 0.3 is 0 Å². The Hall–Kier alpha value is -4.34. The Morgan fingerprint density at radius 3 is 2.22 bits per heavy atom. The van der Waals surface area contributed by atoms with Gasteiger partial charge in [0.1, 0.15) is 18.3 Å². The highest BCUT2D eigenvalue weighted by molar-refractivity contribution is 7.92. The lowest BCUT2D eigenvalue weighted by atomic mass is 10.0. The van der Waals surface area contributed by atoms with Crippen molar-refractivity contribution in [1.82, 2.24) is 10.2 Å². The number of hydrogen-bond donors (Lipinski definition) is 1. The summed E-state index contributed by atoms with van der Waals surface area (Å²) in [6.07, 6.45) is 0.932. The number of hydrogen-bond acceptors (Lipinski definition) is 5. The van der Waals surface area contributed by atoms with E-state index in [1.807, 2.05) is 69.3 Å². The largest absolute Gasteiger partial charge is 0.497 e. The lowest BCUT2D eigenvalue weighted by Crippen LogP contribution is -2.54. The number of benzene rings is 4. The summed E-state index contributed by atoms with van der Waals surface area (Å²) in [6.45, 7) is 5.23. The van der Waals surface area contributed by atoms with Gasteiger partial charge in [0.05, 0.1) is 17.7 Å². The molecule has 2 amide bonds. The Balaban J connectivity index is 1.82. The summed E-state index contributed by atoms with van der Waals surface area (Å²) in [5.41, 5.74) is 2.74. The normalized spacial score (nSPS) is 12.5. The third kappa shape index (κ3) is 8.89. The molecule has 10 heteroatoms. The first-order valence-corrected chi connectivity index (χ1v) is 16.9. The van der Waals surface area contributed by atoms with Gasteiger partial charge in [-0.1, -0.05) is 73.1 Å². The molecule has 4 rings (SSSR count). The predicted molar refractivity (Wildman–Crippen MR) is 183 cm³/mol. The summed E-state index contributed by atoms with van der Waals surface area (Å²) in [7, 11) is -2.66. The molecular weight excluding hydrogens is 622 g/mol. The second kappa shape index (κ2) is 15.8. The number of nitrogens with one attached hydrogen (secondary N) is 1. The van der Waals surface area contributed by atoms with Crippen molar-refractivity contribution in [3.63, 3.8) is 0 Å². The van der Waals surface area contributed by atoms with Crippen molar-refractivity contribution in [1.29, 1.82) is 0 Å². The Morgan fingerprint density at radius 2 is 1.57 bits per heavy atom. The van der Waals surface area contributed by atoms with Crippen LogP contribution in [-0.2, 0) is 32.6 Å². The number of aryl methyl sites for hydroxylation is 1. The minimum atomic E-state index is -4.22. The van der Waals surface area contributed by atoms with E-state index in [9.17, 15) is 18.0 Å². The maximum Gasteiger partial charge on any atom is 0.264 e. The molecule has 0 radical (unpaired) electrons. The molecule has 0 bridgehead atoms. The van der Waals surface area contributed by atoms with Gasteiger partial charge in [-0.25, -0.2) is 8.42 Å². The van der Waals surface area contributed by atoms with Gasteiger partial charge in [0.15, 0.2) is 0 Å². The van der Waals surface area contributed by atoms with Gasteiger partial charge < -0.3 is 15.0 Å². The summed E-state index contributed by atoms with van der Waals surface area (Å²) < 4.78 is 34.8.